The zero-order valence-corrected chi connectivity index (χ0v) is 8.64. The van der Waals surface area contributed by atoms with Crippen LogP contribution in [0.25, 0.3) is 0 Å². The van der Waals surface area contributed by atoms with E-state index in [1.807, 2.05) is 0 Å². The van der Waals surface area contributed by atoms with Crippen LogP contribution in [0.5, 0.6) is 5.75 Å². The first kappa shape index (κ1) is 14.0. The molecule has 8 heteroatoms. The fourth-order valence-electron chi connectivity index (χ4n) is 1.29. The van der Waals surface area contributed by atoms with Crippen molar-refractivity contribution in [3.05, 3.63) is 29.1 Å². The molecule has 5 nitrogen and oxygen atoms in total. The molecule has 1 aromatic rings. The number of aliphatic hydroxyl groups is 1. The zero-order valence-electron chi connectivity index (χ0n) is 8.64. The van der Waals surface area contributed by atoms with Crippen molar-refractivity contribution in [2.75, 3.05) is 0 Å². The molecule has 0 spiro atoms. The number of hydrogen-bond acceptors (Lipinski definition) is 4. The minimum Gasteiger partial charge on any atom is -0.479 e. The zero-order chi connectivity index (χ0) is 13.9. The van der Waals surface area contributed by atoms with E-state index in [1.54, 1.807) is 0 Å². The lowest BCUT2D eigenvalue weighted by atomic mass is 10.0. The molecular formula is C10H7F3O5. The van der Waals surface area contributed by atoms with Crippen molar-refractivity contribution in [3.63, 3.8) is 0 Å². The van der Waals surface area contributed by atoms with Crippen molar-refractivity contribution in [1.82, 2.24) is 0 Å². The molecule has 0 saturated carbocycles. The highest BCUT2D eigenvalue weighted by molar-refractivity contribution is 5.83. The van der Waals surface area contributed by atoms with Crippen LogP contribution in [-0.4, -0.2) is 29.1 Å². The van der Waals surface area contributed by atoms with E-state index in [-0.39, 0.29) is 6.29 Å². The van der Waals surface area contributed by atoms with E-state index >= 15 is 0 Å². The van der Waals surface area contributed by atoms with Gasteiger partial charge in [-0.05, 0) is 6.07 Å². The van der Waals surface area contributed by atoms with Crippen LogP contribution >= 0.6 is 0 Å². The molecule has 1 aromatic carbocycles. The maximum Gasteiger partial charge on any atom is 0.387 e. The molecule has 0 aliphatic rings. The van der Waals surface area contributed by atoms with E-state index in [0.717, 1.165) is 0 Å². The van der Waals surface area contributed by atoms with Crippen LogP contribution < -0.4 is 4.74 Å². The quantitative estimate of drug-likeness (QED) is 0.784. The third-order valence-electron chi connectivity index (χ3n) is 1.99. The standard InChI is InChI=1S/C10H7F3O5/c11-6-2-5(18-10(12)13)1-4(3-14)7(6)8(15)9(16)17/h1-3,8,10,15H,(H,16,17). The molecule has 0 saturated heterocycles. The molecule has 1 unspecified atom stereocenters. The molecule has 0 aliphatic carbocycles. The van der Waals surface area contributed by atoms with Crippen LogP contribution in [0.4, 0.5) is 13.2 Å². The Labute approximate surface area is 98.4 Å². The number of carboxylic acid groups (broad SMARTS) is 1. The van der Waals surface area contributed by atoms with Crippen molar-refractivity contribution < 1.29 is 37.7 Å². The average molecular weight is 264 g/mol. The van der Waals surface area contributed by atoms with Crippen molar-refractivity contribution in [3.8, 4) is 5.75 Å². The van der Waals surface area contributed by atoms with E-state index in [4.69, 9.17) is 5.11 Å². The number of rotatable bonds is 5. The molecule has 0 heterocycles. The number of carboxylic acids is 1. The number of carbonyl (C=O) groups excluding carboxylic acids is 1. The molecular weight excluding hydrogens is 257 g/mol. The van der Waals surface area contributed by atoms with Crippen molar-refractivity contribution in [2.45, 2.75) is 12.7 Å². The van der Waals surface area contributed by atoms with E-state index in [0.29, 0.717) is 12.1 Å². The second-order valence-electron chi connectivity index (χ2n) is 3.15. The summed E-state index contributed by atoms with van der Waals surface area (Å²) >= 11 is 0. The smallest absolute Gasteiger partial charge is 0.387 e. The maximum absolute atomic E-state index is 13.5. The molecule has 0 amide bonds. The van der Waals surface area contributed by atoms with Gasteiger partial charge >= 0.3 is 12.6 Å². The van der Waals surface area contributed by atoms with Gasteiger partial charge in [-0.25, -0.2) is 9.18 Å². The topological polar surface area (TPSA) is 83.8 Å². The van der Waals surface area contributed by atoms with Gasteiger partial charge in [0.15, 0.2) is 12.4 Å². The molecule has 1 rings (SSSR count). The predicted molar refractivity (Wildman–Crippen MR) is 51.0 cm³/mol. The summed E-state index contributed by atoms with van der Waals surface area (Å²) in [6.45, 7) is -3.22. The SMILES string of the molecule is O=Cc1cc(OC(F)F)cc(F)c1C(O)C(=O)O. The van der Waals surface area contributed by atoms with Crippen molar-refractivity contribution in [1.29, 1.82) is 0 Å². The lowest BCUT2D eigenvalue weighted by Gasteiger charge is -2.12. The van der Waals surface area contributed by atoms with Gasteiger partial charge in [-0.3, -0.25) is 4.79 Å². The Morgan fingerprint density at radius 2 is 2.00 bits per heavy atom. The number of carbonyl (C=O) groups is 2. The fraction of sp³-hybridized carbons (Fsp3) is 0.200. The molecule has 0 aromatic heterocycles. The van der Waals surface area contributed by atoms with Gasteiger partial charge in [-0.2, -0.15) is 8.78 Å². The van der Waals surface area contributed by atoms with Gasteiger partial charge in [0.1, 0.15) is 11.6 Å². The Balaban J connectivity index is 3.28. The van der Waals surface area contributed by atoms with Crippen molar-refractivity contribution >= 4 is 12.3 Å². The number of ether oxygens (including phenoxy) is 1. The number of aliphatic carboxylic acids is 1. The van der Waals surface area contributed by atoms with Crippen LogP contribution in [-0.2, 0) is 4.79 Å². The van der Waals surface area contributed by atoms with Gasteiger partial charge < -0.3 is 14.9 Å². The summed E-state index contributed by atoms with van der Waals surface area (Å²) in [6, 6.07) is 1.17. The molecule has 0 radical (unpaired) electrons. The van der Waals surface area contributed by atoms with Gasteiger partial charge in [-0.1, -0.05) is 0 Å². The fourth-order valence-corrected chi connectivity index (χ4v) is 1.29. The van der Waals surface area contributed by atoms with Crippen LogP contribution in [0, 0.1) is 5.82 Å². The second kappa shape index (κ2) is 5.50. The summed E-state index contributed by atoms with van der Waals surface area (Å²) in [6.07, 6.45) is -2.24. The first-order valence-corrected chi connectivity index (χ1v) is 4.51. The molecule has 18 heavy (non-hydrogen) atoms. The first-order chi connectivity index (χ1) is 8.36. The van der Waals surface area contributed by atoms with Crippen LogP contribution in [0.2, 0.25) is 0 Å². The minimum absolute atomic E-state index is 0.0307. The number of alkyl halides is 2. The predicted octanol–water partition coefficient (Wildman–Crippen LogP) is 1.36. The van der Waals surface area contributed by atoms with E-state index < -0.39 is 41.4 Å². The summed E-state index contributed by atoms with van der Waals surface area (Å²) in [5, 5.41) is 17.7. The Hall–Kier alpha value is -2.09. The number of benzene rings is 1. The Kier molecular flexibility index (Phi) is 4.27. The number of halogens is 3. The highest BCUT2D eigenvalue weighted by Crippen LogP contribution is 2.27. The second-order valence-corrected chi connectivity index (χ2v) is 3.15. The van der Waals surface area contributed by atoms with Gasteiger partial charge in [0.2, 0.25) is 0 Å². The summed E-state index contributed by atoms with van der Waals surface area (Å²) in [7, 11) is 0. The summed E-state index contributed by atoms with van der Waals surface area (Å²) in [5.41, 5.74) is -1.39. The largest absolute Gasteiger partial charge is 0.479 e. The molecule has 1 atom stereocenters. The monoisotopic (exact) mass is 264 g/mol. The van der Waals surface area contributed by atoms with E-state index in [2.05, 4.69) is 4.74 Å². The molecule has 0 fully saturated rings. The number of aliphatic hydroxyl groups excluding tert-OH is 1. The van der Waals surface area contributed by atoms with E-state index in [1.165, 1.54) is 0 Å². The first-order valence-electron chi connectivity index (χ1n) is 4.51. The molecule has 0 bridgehead atoms. The Morgan fingerprint density at radius 3 is 2.44 bits per heavy atom. The normalized spacial score (nSPS) is 12.3. The highest BCUT2D eigenvalue weighted by atomic mass is 19.3. The van der Waals surface area contributed by atoms with Gasteiger partial charge in [-0.15, -0.1) is 0 Å². The summed E-state index contributed by atoms with van der Waals surface area (Å²) in [4.78, 5) is 21.1. The van der Waals surface area contributed by atoms with Crippen LogP contribution in [0.1, 0.15) is 22.0 Å². The van der Waals surface area contributed by atoms with Gasteiger partial charge in [0.25, 0.3) is 0 Å². The number of aldehydes is 1. The van der Waals surface area contributed by atoms with Gasteiger partial charge in [0.05, 0.1) is 0 Å². The van der Waals surface area contributed by atoms with Crippen molar-refractivity contribution in [2.24, 2.45) is 0 Å². The molecule has 0 aliphatic heterocycles. The highest BCUT2D eigenvalue weighted by Gasteiger charge is 2.25. The van der Waals surface area contributed by atoms with E-state index in [9.17, 15) is 27.9 Å². The lowest BCUT2D eigenvalue weighted by Crippen LogP contribution is -2.15. The molecule has 2 N–H and O–H groups in total. The lowest BCUT2D eigenvalue weighted by molar-refractivity contribution is -0.147. The minimum atomic E-state index is -3.22. The Bertz CT molecular complexity index is 475. The Morgan fingerprint density at radius 1 is 1.39 bits per heavy atom. The summed E-state index contributed by atoms with van der Waals surface area (Å²) in [5.74, 6) is -3.75. The third kappa shape index (κ3) is 2.98. The summed E-state index contributed by atoms with van der Waals surface area (Å²) < 4.78 is 41.1. The van der Waals surface area contributed by atoms with Crippen LogP contribution in [0.15, 0.2) is 12.1 Å². The van der Waals surface area contributed by atoms with Crippen LogP contribution in [0.3, 0.4) is 0 Å². The third-order valence-corrected chi connectivity index (χ3v) is 1.99. The molecule has 98 valence electrons. The number of hydrogen-bond donors (Lipinski definition) is 2. The maximum atomic E-state index is 13.5. The van der Waals surface area contributed by atoms with Gasteiger partial charge in [0, 0.05) is 17.2 Å². The average Bonchev–Trinajstić information content (AvgIpc) is 2.26.